The molecule has 1 aliphatic rings. The van der Waals surface area contributed by atoms with E-state index < -0.39 is 0 Å². The molecule has 0 bridgehead atoms. The highest BCUT2D eigenvalue weighted by Gasteiger charge is 2.23. The fraction of sp³-hybridized carbons (Fsp3) is 0.407. The highest BCUT2D eigenvalue weighted by Crippen LogP contribution is 2.36. The second-order valence-electron chi connectivity index (χ2n) is 9.28. The zero-order chi connectivity index (χ0) is 24.5. The standard InChI is InChI=1S/C27H31N5O3/c1-17-5-6-22-21(13-17)27(33)32(18(2)30-22)12-9-19-7-10-31(11-8-19)26-20-14-24(34-3)25(35-4)15-23(20)28-16-29-26/h5-6,13-16,19H,7-12H2,1-4H3. The second-order valence-corrected chi connectivity index (χ2v) is 9.28. The second kappa shape index (κ2) is 9.52. The van der Waals surface area contributed by atoms with Gasteiger partial charge in [0.15, 0.2) is 11.5 Å². The highest BCUT2D eigenvalue weighted by atomic mass is 16.5. The van der Waals surface area contributed by atoms with Gasteiger partial charge in [0.1, 0.15) is 18.0 Å². The summed E-state index contributed by atoms with van der Waals surface area (Å²) in [5.74, 6) is 3.59. The van der Waals surface area contributed by atoms with Gasteiger partial charge >= 0.3 is 0 Å². The van der Waals surface area contributed by atoms with E-state index in [4.69, 9.17) is 9.47 Å². The van der Waals surface area contributed by atoms with Crippen LogP contribution in [-0.4, -0.2) is 46.8 Å². The van der Waals surface area contributed by atoms with Crippen molar-refractivity contribution in [1.29, 1.82) is 0 Å². The molecule has 0 aliphatic carbocycles. The summed E-state index contributed by atoms with van der Waals surface area (Å²) >= 11 is 0. The highest BCUT2D eigenvalue weighted by molar-refractivity contribution is 5.92. The Hall–Kier alpha value is -3.68. The van der Waals surface area contributed by atoms with E-state index in [1.807, 2.05) is 48.7 Å². The number of rotatable bonds is 6. The molecule has 0 amide bonds. The van der Waals surface area contributed by atoms with Crippen LogP contribution in [0.1, 0.15) is 30.7 Å². The molecule has 0 N–H and O–H groups in total. The van der Waals surface area contributed by atoms with Crippen molar-refractivity contribution in [2.24, 2.45) is 5.92 Å². The molecule has 35 heavy (non-hydrogen) atoms. The lowest BCUT2D eigenvalue weighted by Gasteiger charge is -2.33. The van der Waals surface area contributed by atoms with Gasteiger partial charge in [-0.2, -0.15) is 0 Å². The average molecular weight is 474 g/mol. The third-order valence-corrected chi connectivity index (χ3v) is 7.10. The molecule has 5 rings (SSSR count). The van der Waals surface area contributed by atoms with Gasteiger partial charge in [-0.25, -0.2) is 15.0 Å². The first-order valence-corrected chi connectivity index (χ1v) is 12.1. The van der Waals surface area contributed by atoms with Gasteiger partial charge in [0.25, 0.3) is 5.56 Å². The number of hydrogen-bond acceptors (Lipinski definition) is 7. The lowest BCUT2D eigenvalue weighted by molar-refractivity contribution is 0.355. The number of methoxy groups -OCH3 is 2. The Labute approximate surface area is 204 Å². The smallest absolute Gasteiger partial charge is 0.261 e. The van der Waals surface area contributed by atoms with Crippen LogP contribution in [0.15, 0.2) is 41.5 Å². The molecule has 0 unspecified atom stereocenters. The van der Waals surface area contributed by atoms with E-state index >= 15 is 0 Å². The Balaban J connectivity index is 1.30. The fourth-order valence-corrected chi connectivity index (χ4v) is 5.08. The quantitative estimate of drug-likeness (QED) is 0.413. The van der Waals surface area contributed by atoms with Gasteiger partial charge in [-0.1, -0.05) is 11.6 Å². The Kier molecular flexibility index (Phi) is 6.28. The summed E-state index contributed by atoms with van der Waals surface area (Å²) in [4.78, 5) is 29.1. The summed E-state index contributed by atoms with van der Waals surface area (Å²) < 4.78 is 12.8. The maximum absolute atomic E-state index is 13.1. The monoisotopic (exact) mass is 473 g/mol. The van der Waals surface area contributed by atoms with Crippen LogP contribution < -0.4 is 19.9 Å². The van der Waals surface area contributed by atoms with E-state index in [-0.39, 0.29) is 5.56 Å². The minimum atomic E-state index is 0.0606. The SMILES string of the molecule is COc1cc2ncnc(N3CCC(CCn4c(C)nc5ccc(C)cc5c4=O)CC3)c2cc1OC. The Morgan fingerprint density at radius 3 is 2.43 bits per heavy atom. The Morgan fingerprint density at radius 2 is 1.69 bits per heavy atom. The van der Waals surface area contributed by atoms with E-state index in [2.05, 4.69) is 19.9 Å². The van der Waals surface area contributed by atoms with Crippen LogP contribution in [0.2, 0.25) is 0 Å². The van der Waals surface area contributed by atoms with Crippen LogP contribution in [0.3, 0.4) is 0 Å². The minimum absolute atomic E-state index is 0.0606. The van der Waals surface area contributed by atoms with Crippen molar-refractivity contribution in [1.82, 2.24) is 19.5 Å². The zero-order valence-corrected chi connectivity index (χ0v) is 20.7. The third kappa shape index (κ3) is 4.40. The summed E-state index contributed by atoms with van der Waals surface area (Å²) in [6, 6.07) is 9.72. The zero-order valence-electron chi connectivity index (χ0n) is 20.7. The van der Waals surface area contributed by atoms with Gasteiger partial charge in [-0.05, 0) is 57.2 Å². The van der Waals surface area contributed by atoms with E-state index in [0.29, 0.717) is 29.3 Å². The number of anilines is 1. The molecule has 1 saturated heterocycles. The molecule has 0 radical (unpaired) electrons. The largest absolute Gasteiger partial charge is 0.493 e. The van der Waals surface area contributed by atoms with Crippen LogP contribution in [0, 0.1) is 19.8 Å². The summed E-state index contributed by atoms with van der Waals surface area (Å²) in [6.07, 6.45) is 4.67. The molecule has 0 spiro atoms. The van der Waals surface area contributed by atoms with E-state index in [1.165, 1.54) is 0 Å². The summed E-state index contributed by atoms with van der Waals surface area (Å²) in [7, 11) is 3.26. The molecule has 0 saturated carbocycles. The number of ether oxygens (including phenoxy) is 2. The number of piperidine rings is 1. The molecule has 1 aliphatic heterocycles. The van der Waals surface area contributed by atoms with Gasteiger partial charge in [0, 0.05) is 31.1 Å². The van der Waals surface area contributed by atoms with Crippen LogP contribution in [0.4, 0.5) is 5.82 Å². The Bertz CT molecular complexity index is 1440. The molecular weight excluding hydrogens is 442 g/mol. The van der Waals surface area contributed by atoms with Crippen molar-refractivity contribution >= 4 is 27.6 Å². The molecule has 2 aromatic carbocycles. The number of aryl methyl sites for hydroxylation is 2. The maximum atomic E-state index is 13.1. The molecule has 3 heterocycles. The molecule has 182 valence electrons. The molecule has 4 aromatic rings. The number of hydrogen-bond donors (Lipinski definition) is 0. The lowest BCUT2D eigenvalue weighted by atomic mass is 9.93. The van der Waals surface area contributed by atoms with Crippen molar-refractivity contribution in [2.75, 3.05) is 32.2 Å². The Morgan fingerprint density at radius 1 is 0.943 bits per heavy atom. The molecule has 8 heteroatoms. The number of aromatic nitrogens is 4. The van der Waals surface area contributed by atoms with E-state index in [1.54, 1.807) is 20.5 Å². The summed E-state index contributed by atoms with van der Waals surface area (Å²) in [5.41, 5.74) is 2.75. The number of benzene rings is 2. The number of fused-ring (bicyclic) bond motifs is 2. The molecule has 2 aromatic heterocycles. The first kappa shape index (κ1) is 23.1. The van der Waals surface area contributed by atoms with Crippen molar-refractivity contribution in [3.05, 3.63) is 58.4 Å². The van der Waals surface area contributed by atoms with Crippen molar-refractivity contribution in [3.8, 4) is 11.5 Å². The first-order valence-electron chi connectivity index (χ1n) is 12.1. The van der Waals surface area contributed by atoms with E-state index in [9.17, 15) is 4.79 Å². The predicted molar refractivity (Wildman–Crippen MR) is 138 cm³/mol. The summed E-state index contributed by atoms with van der Waals surface area (Å²) in [5, 5.41) is 1.66. The van der Waals surface area contributed by atoms with Crippen LogP contribution in [0.5, 0.6) is 11.5 Å². The lowest BCUT2D eigenvalue weighted by Crippen LogP contribution is -2.35. The molecule has 1 fully saturated rings. The predicted octanol–water partition coefficient (Wildman–Crippen LogP) is 4.28. The van der Waals surface area contributed by atoms with Crippen LogP contribution >= 0.6 is 0 Å². The van der Waals surface area contributed by atoms with Crippen LogP contribution in [0.25, 0.3) is 21.8 Å². The molecule has 0 atom stereocenters. The minimum Gasteiger partial charge on any atom is -0.493 e. The topological polar surface area (TPSA) is 82.4 Å². The third-order valence-electron chi connectivity index (χ3n) is 7.10. The summed E-state index contributed by atoms with van der Waals surface area (Å²) in [6.45, 7) is 6.44. The number of nitrogens with zero attached hydrogens (tertiary/aromatic N) is 5. The van der Waals surface area contributed by atoms with Crippen molar-refractivity contribution in [3.63, 3.8) is 0 Å². The van der Waals surface area contributed by atoms with Crippen LogP contribution in [-0.2, 0) is 6.54 Å². The molecule has 8 nitrogen and oxygen atoms in total. The molecular formula is C27H31N5O3. The van der Waals surface area contributed by atoms with Gasteiger partial charge < -0.3 is 14.4 Å². The average Bonchev–Trinajstić information content (AvgIpc) is 2.88. The van der Waals surface area contributed by atoms with Crippen molar-refractivity contribution < 1.29 is 9.47 Å². The maximum Gasteiger partial charge on any atom is 0.261 e. The van der Waals surface area contributed by atoms with Crippen molar-refractivity contribution in [2.45, 2.75) is 39.7 Å². The van der Waals surface area contributed by atoms with E-state index in [0.717, 1.165) is 66.0 Å². The normalized spacial score (nSPS) is 14.6. The van der Waals surface area contributed by atoms with Gasteiger partial charge in [-0.15, -0.1) is 0 Å². The first-order chi connectivity index (χ1) is 17.0. The fourth-order valence-electron chi connectivity index (χ4n) is 5.08. The van der Waals surface area contributed by atoms with Gasteiger partial charge in [0.05, 0.1) is 30.6 Å². The van der Waals surface area contributed by atoms with Gasteiger partial charge in [0.2, 0.25) is 0 Å². The van der Waals surface area contributed by atoms with Gasteiger partial charge in [-0.3, -0.25) is 9.36 Å².